The fraction of sp³-hybridized carbons (Fsp3) is 0.143. The Bertz CT molecular complexity index is 558. The number of rotatable bonds is 4. The Hall–Kier alpha value is -2.40. The molecule has 0 fully saturated rings. The lowest BCUT2D eigenvalue weighted by molar-refractivity contribution is -0.126. The van der Waals surface area contributed by atoms with Crippen LogP contribution in [0.5, 0.6) is 5.75 Å². The molecule has 0 spiro atoms. The van der Waals surface area contributed by atoms with Gasteiger partial charge in [-0.1, -0.05) is 30.3 Å². The number of ether oxygens (including phenoxy) is 1. The number of methoxy groups -OCH3 is 1. The summed E-state index contributed by atoms with van der Waals surface area (Å²) < 4.78 is 5.19. The zero-order chi connectivity index (χ0) is 13.7. The average molecular weight is 258 g/mol. The molecule has 2 rings (SSSR count). The van der Waals surface area contributed by atoms with Crippen LogP contribution in [0.1, 0.15) is 11.7 Å². The van der Waals surface area contributed by atoms with Gasteiger partial charge >= 0.3 is 0 Å². The van der Waals surface area contributed by atoms with Crippen molar-refractivity contribution in [1.29, 1.82) is 0 Å². The largest absolute Gasteiger partial charge is 0.504 e. The molecule has 2 aromatic rings. The van der Waals surface area contributed by atoms with Crippen LogP contribution < -0.4 is 5.32 Å². The molecule has 0 saturated carbocycles. The number of hydrogen-bond donors (Lipinski definition) is 2. The van der Waals surface area contributed by atoms with Crippen molar-refractivity contribution in [2.45, 2.75) is 6.10 Å². The highest BCUT2D eigenvalue weighted by molar-refractivity contribution is 5.95. The van der Waals surface area contributed by atoms with Gasteiger partial charge in [-0.3, -0.25) is 4.79 Å². The maximum Gasteiger partial charge on any atom is 0.259 e. The molecule has 98 valence electrons. The average Bonchev–Trinajstić information content (AvgIpc) is 2.43. The monoisotopic (exact) mass is 258 g/mol. The van der Waals surface area contributed by atoms with Crippen molar-refractivity contribution in [3.05, 3.63) is 54.2 Å². The Morgan fingerprint density at radius 2 is 2.00 bits per heavy atom. The molecule has 0 unspecified atom stereocenters. The number of anilines is 1. The zero-order valence-electron chi connectivity index (χ0n) is 10.4. The molecule has 1 heterocycles. The van der Waals surface area contributed by atoms with Gasteiger partial charge in [-0.2, -0.15) is 0 Å². The van der Waals surface area contributed by atoms with Gasteiger partial charge in [0.05, 0.1) is 0 Å². The lowest BCUT2D eigenvalue weighted by Crippen LogP contribution is -2.23. The smallest absolute Gasteiger partial charge is 0.259 e. The van der Waals surface area contributed by atoms with Gasteiger partial charge in [0, 0.05) is 13.3 Å². The molecule has 1 amide bonds. The van der Waals surface area contributed by atoms with E-state index in [1.54, 1.807) is 18.2 Å². The molecule has 0 aliphatic rings. The minimum Gasteiger partial charge on any atom is -0.504 e. The van der Waals surface area contributed by atoms with E-state index >= 15 is 0 Å². The summed E-state index contributed by atoms with van der Waals surface area (Å²) in [5.41, 5.74) is 0.734. The summed E-state index contributed by atoms with van der Waals surface area (Å²) in [6, 6.07) is 12.1. The summed E-state index contributed by atoms with van der Waals surface area (Å²) >= 11 is 0. The van der Waals surface area contributed by atoms with Crippen LogP contribution in [-0.4, -0.2) is 23.1 Å². The number of nitrogens with one attached hydrogen (secondary N) is 1. The number of carbonyl (C=O) groups excluding carboxylic acids is 1. The second kappa shape index (κ2) is 5.97. The van der Waals surface area contributed by atoms with Crippen LogP contribution >= 0.6 is 0 Å². The van der Waals surface area contributed by atoms with Gasteiger partial charge in [0.2, 0.25) is 0 Å². The minimum atomic E-state index is -0.748. The Morgan fingerprint density at radius 1 is 1.26 bits per heavy atom. The number of hydrogen-bond acceptors (Lipinski definition) is 4. The lowest BCUT2D eigenvalue weighted by atomic mass is 10.1. The lowest BCUT2D eigenvalue weighted by Gasteiger charge is -2.15. The van der Waals surface area contributed by atoms with E-state index in [-0.39, 0.29) is 17.5 Å². The molecule has 0 aliphatic carbocycles. The molecule has 0 radical (unpaired) electrons. The highest BCUT2D eigenvalue weighted by atomic mass is 16.5. The molecule has 1 aromatic heterocycles. The van der Waals surface area contributed by atoms with Crippen LogP contribution in [-0.2, 0) is 9.53 Å². The summed E-state index contributed by atoms with van der Waals surface area (Å²) in [5, 5.41) is 12.1. The second-order valence-corrected chi connectivity index (χ2v) is 3.89. The van der Waals surface area contributed by atoms with Crippen molar-refractivity contribution < 1.29 is 14.6 Å². The summed E-state index contributed by atoms with van der Waals surface area (Å²) in [6.45, 7) is 0. The van der Waals surface area contributed by atoms with Gasteiger partial charge in [0.1, 0.15) is 0 Å². The van der Waals surface area contributed by atoms with Crippen LogP contribution in [0, 0.1) is 0 Å². The molecular weight excluding hydrogens is 244 g/mol. The summed E-state index contributed by atoms with van der Waals surface area (Å²) in [7, 11) is 1.45. The van der Waals surface area contributed by atoms with Crippen molar-refractivity contribution in [2.75, 3.05) is 12.4 Å². The fourth-order valence-corrected chi connectivity index (χ4v) is 1.70. The molecule has 0 bridgehead atoms. The molecule has 2 N–H and O–H groups in total. The highest BCUT2D eigenvalue weighted by Gasteiger charge is 2.21. The molecule has 1 aromatic carbocycles. The number of pyridine rings is 1. The van der Waals surface area contributed by atoms with Crippen LogP contribution in [0.15, 0.2) is 48.7 Å². The first-order valence-electron chi connectivity index (χ1n) is 5.75. The topological polar surface area (TPSA) is 71.5 Å². The van der Waals surface area contributed by atoms with Crippen molar-refractivity contribution >= 4 is 11.7 Å². The van der Waals surface area contributed by atoms with Crippen LogP contribution in [0.2, 0.25) is 0 Å². The molecule has 1 atom stereocenters. The standard InChI is InChI=1S/C14H14N2O3/c1-19-12(10-6-3-2-4-7-10)14(18)16-13-11(17)8-5-9-15-13/h2-9,12,17H,1H3,(H,15,16,18)/t12-/m1/s1. The van der Waals surface area contributed by atoms with E-state index in [0.29, 0.717) is 0 Å². The van der Waals surface area contributed by atoms with E-state index in [4.69, 9.17) is 4.74 Å². The molecule has 19 heavy (non-hydrogen) atoms. The number of benzene rings is 1. The van der Waals surface area contributed by atoms with E-state index in [0.717, 1.165) is 5.56 Å². The van der Waals surface area contributed by atoms with E-state index in [1.165, 1.54) is 19.4 Å². The Kier molecular flexibility index (Phi) is 4.10. The summed E-state index contributed by atoms with van der Waals surface area (Å²) in [5.74, 6) is -0.355. The summed E-state index contributed by atoms with van der Waals surface area (Å²) in [6.07, 6.45) is 0.738. The quantitative estimate of drug-likeness (QED) is 0.881. The first-order valence-corrected chi connectivity index (χ1v) is 5.75. The predicted molar refractivity (Wildman–Crippen MR) is 70.7 cm³/mol. The maximum atomic E-state index is 12.1. The summed E-state index contributed by atoms with van der Waals surface area (Å²) in [4.78, 5) is 16.0. The van der Waals surface area contributed by atoms with E-state index in [9.17, 15) is 9.90 Å². The SMILES string of the molecule is CO[C@@H](C(=O)Nc1ncccc1O)c1ccccc1. The van der Waals surface area contributed by atoms with E-state index < -0.39 is 6.10 Å². The van der Waals surface area contributed by atoms with Gasteiger partial charge in [-0.05, 0) is 17.7 Å². The van der Waals surface area contributed by atoms with E-state index in [2.05, 4.69) is 10.3 Å². The van der Waals surface area contributed by atoms with Crippen LogP contribution in [0.4, 0.5) is 5.82 Å². The number of aromatic nitrogens is 1. The second-order valence-electron chi connectivity index (χ2n) is 3.89. The number of aromatic hydroxyl groups is 1. The predicted octanol–water partition coefficient (Wildman–Crippen LogP) is 2.11. The van der Waals surface area contributed by atoms with Gasteiger partial charge in [0.25, 0.3) is 5.91 Å². The molecule has 5 heteroatoms. The molecule has 0 aliphatic heterocycles. The Labute approximate surface area is 110 Å². The minimum absolute atomic E-state index is 0.0845. The Morgan fingerprint density at radius 3 is 2.63 bits per heavy atom. The number of amides is 1. The third-order valence-electron chi connectivity index (χ3n) is 2.60. The van der Waals surface area contributed by atoms with Crippen LogP contribution in [0.3, 0.4) is 0 Å². The first-order chi connectivity index (χ1) is 9.22. The fourth-order valence-electron chi connectivity index (χ4n) is 1.70. The third-order valence-corrected chi connectivity index (χ3v) is 2.60. The maximum absolute atomic E-state index is 12.1. The first kappa shape index (κ1) is 13.0. The van der Waals surface area contributed by atoms with Gasteiger partial charge in [0.15, 0.2) is 17.7 Å². The normalized spacial score (nSPS) is 11.8. The van der Waals surface area contributed by atoms with Gasteiger partial charge in [-0.25, -0.2) is 4.98 Å². The van der Waals surface area contributed by atoms with Crippen molar-refractivity contribution in [3.63, 3.8) is 0 Å². The van der Waals surface area contributed by atoms with Crippen molar-refractivity contribution in [1.82, 2.24) is 4.98 Å². The van der Waals surface area contributed by atoms with Gasteiger partial charge < -0.3 is 15.2 Å². The number of nitrogens with zero attached hydrogens (tertiary/aromatic N) is 1. The van der Waals surface area contributed by atoms with Crippen molar-refractivity contribution in [3.8, 4) is 5.75 Å². The van der Waals surface area contributed by atoms with Crippen molar-refractivity contribution in [2.24, 2.45) is 0 Å². The van der Waals surface area contributed by atoms with Gasteiger partial charge in [-0.15, -0.1) is 0 Å². The molecular formula is C14H14N2O3. The number of carbonyl (C=O) groups is 1. The van der Waals surface area contributed by atoms with E-state index in [1.807, 2.05) is 18.2 Å². The zero-order valence-corrected chi connectivity index (χ0v) is 10.4. The Balaban J connectivity index is 2.17. The highest BCUT2D eigenvalue weighted by Crippen LogP contribution is 2.22. The van der Waals surface area contributed by atoms with Crippen LogP contribution in [0.25, 0.3) is 0 Å². The third kappa shape index (κ3) is 3.08. The molecule has 0 saturated heterocycles. The molecule has 5 nitrogen and oxygen atoms in total.